The predicted octanol–water partition coefficient (Wildman–Crippen LogP) is 5.28. The highest BCUT2D eigenvalue weighted by atomic mass is 79.9. The topological polar surface area (TPSA) is 9.23 Å². The van der Waals surface area contributed by atoms with Gasteiger partial charge in [0.2, 0.25) is 0 Å². The lowest BCUT2D eigenvalue weighted by Crippen LogP contribution is -2.11. The third-order valence-corrected chi connectivity index (χ3v) is 2.92. The van der Waals surface area contributed by atoms with Crippen LogP contribution < -0.4 is 4.74 Å². The van der Waals surface area contributed by atoms with Crippen molar-refractivity contribution in [1.82, 2.24) is 0 Å². The fourth-order valence-corrected chi connectivity index (χ4v) is 1.79. The lowest BCUT2D eigenvalue weighted by Gasteiger charge is -2.14. The molecule has 0 spiro atoms. The van der Waals surface area contributed by atoms with Crippen LogP contribution in [0.2, 0.25) is 0 Å². The van der Waals surface area contributed by atoms with Gasteiger partial charge in [0.1, 0.15) is 5.75 Å². The molecule has 0 radical (unpaired) electrons. The summed E-state index contributed by atoms with van der Waals surface area (Å²) in [6.45, 7) is 0.0597. The fraction of sp³-hybridized carbons (Fsp3) is 0.500. The van der Waals surface area contributed by atoms with E-state index in [1.165, 1.54) is 0 Å². The minimum Gasteiger partial charge on any atom is -0.494 e. The first-order chi connectivity index (χ1) is 9.14. The molecule has 0 saturated carbocycles. The molecule has 0 aliphatic heterocycles. The van der Waals surface area contributed by atoms with Gasteiger partial charge in [0.15, 0.2) is 0 Å². The van der Waals surface area contributed by atoms with Gasteiger partial charge in [-0.1, -0.05) is 15.9 Å². The summed E-state index contributed by atoms with van der Waals surface area (Å²) in [5.41, 5.74) is -2.74. The van der Waals surface area contributed by atoms with Crippen LogP contribution in [0.4, 0.5) is 26.3 Å². The van der Waals surface area contributed by atoms with Crippen LogP contribution in [-0.2, 0) is 12.4 Å². The average Bonchev–Trinajstić information content (AvgIpc) is 2.32. The Labute approximate surface area is 120 Å². The molecule has 0 unspecified atom stereocenters. The zero-order valence-corrected chi connectivity index (χ0v) is 11.7. The molecule has 0 heterocycles. The number of alkyl halides is 7. The highest BCUT2D eigenvalue weighted by molar-refractivity contribution is 9.09. The van der Waals surface area contributed by atoms with Crippen LogP contribution in [0.1, 0.15) is 24.0 Å². The van der Waals surface area contributed by atoms with Crippen LogP contribution in [-0.4, -0.2) is 11.9 Å². The van der Waals surface area contributed by atoms with Crippen LogP contribution in [0.5, 0.6) is 5.75 Å². The summed E-state index contributed by atoms with van der Waals surface area (Å²) >= 11 is 3.16. The van der Waals surface area contributed by atoms with Gasteiger partial charge in [-0.3, -0.25) is 0 Å². The van der Waals surface area contributed by atoms with E-state index >= 15 is 0 Å². The molecular formula is C12H11BrF6O. The average molecular weight is 365 g/mol. The summed E-state index contributed by atoms with van der Waals surface area (Å²) in [6.07, 6.45) is -8.46. The van der Waals surface area contributed by atoms with Crippen molar-refractivity contribution in [3.63, 3.8) is 0 Å². The van der Waals surface area contributed by atoms with Crippen molar-refractivity contribution in [3.8, 4) is 5.75 Å². The molecule has 0 bridgehead atoms. The number of hydrogen-bond acceptors (Lipinski definition) is 1. The molecule has 1 rings (SSSR count). The Bertz CT molecular complexity index is 408. The Morgan fingerprint density at radius 3 is 1.75 bits per heavy atom. The summed E-state index contributed by atoms with van der Waals surface area (Å²) in [7, 11) is 0. The molecule has 8 heteroatoms. The maximum atomic E-state index is 12.5. The second-order valence-electron chi connectivity index (χ2n) is 3.99. The van der Waals surface area contributed by atoms with E-state index in [0.29, 0.717) is 30.3 Å². The molecule has 1 aromatic carbocycles. The van der Waals surface area contributed by atoms with Crippen molar-refractivity contribution in [2.75, 3.05) is 11.9 Å². The van der Waals surface area contributed by atoms with Crippen molar-refractivity contribution in [2.24, 2.45) is 0 Å². The second kappa shape index (κ2) is 6.69. The lowest BCUT2D eigenvalue weighted by atomic mass is 10.1. The molecule has 0 aliphatic rings. The van der Waals surface area contributed by atoms with Gasteiger partial charge in [0.05, 0.1) is 17.7 Å². The van der Waals surface area contributed by atoms with E-state index in [1.807, 2.05) is 0 Å². The number of rotatable bonds is 5. The van der Waals surface area contributed by atoms with Gasteiger partial charge in [-0.15, -0.1) is 0 Å². The molecule has 0 saturated heterocycles. The van der Waals surface area contributed by atoms with Crippen molar-refractivity contribution in [3.05, 3.63) is 29.3 Å². The molecule has 0 aliphatic carbocycles. The van der Waals surface area contributed by atoms with E-state index in [4.69, 9.17) is 4.74 Å². The quantitative estimate of drug-likeness (QED) is 0.392. The molecule has 0 N–H and O–H groups in total. The lowest BCUT2D eigenvalue weighted by molar-refractivity contribution is -0.143. The SMILES string of the molecule is FC(F)(F)c1cc(OCCCCBr)cc(C(F)(F)F)c1. The van der Waals surface area contributed by atoms with E-state index in [-0.39, 0.29) is 12.7 Å². The van der Waals surface area contributed by atoms with Gasteiger partial charge >= 0.3 is 12.4 Å². The van der Waals surface area contributed by atoms with E-state index in [0.717, 1.165) is 0 Å². The maximum Gasteiger partial charge on any atom is 0.416 e. The third kappa shape index (κ3) is 5.22. The summed E-state index contributed by atoms with van der Waals surface area (Å²) in [5, 5.41) is 0.687. The van der Waals surface area contributed by atoms with Crippen molar-refractivity contribution < 1.29 is 31.1 Å². The van der Waals surface area contributed by atoms with Crippen LogP contribution in [0.25, 0.3) is 0 Å². The highest BCUT2D eigenvalue weighted by Crippen LogP contribution is 2.38. The fourth-order valence-electron chi connectivity index (χ4n) is 1.40. The third-order valence-electron chi connectivity index (χ3n) is 2.36. The van der Waals surface area contributed by atoms with Crippen molar-refractivity contribution >= 4 is 15.9 Å². The summed E-state index contributed by atoms with van der Waals surface area (Å²) < 4.78 is 80.3. The zero-order chi connectivity index (χ0) is 15.4. The number of halogens is 7. The van der Waals surface area contributed by atoms with E-state index in [1.54, 1.807) is 0 Å². The Morgan fingerprint density at radius 2 is 1.35 bits per heavy atom. The van der Waals surface area contributed by atoms with Gasteiger partial charge < -0.3 is 4.74 Å². The monoisotopic (exact) mass is 364 g/mol. The number of unbranched alkanes of at least 4 members (excludes halogenated alkanes) is 1. The van der Waals surface area contributed by atoms with E-state index < -0.39 is 29.2 Å². The van der Waals surface area contributed by atoms with Gasteiger partial charge in [0.25, 0.3) is 0 Å². The predicted molar refractivity (Wildman–Crippen MR) is 65.0 cm³/mol. The van der Waals surface area contributed by atoms with Crippen molar-refractivity contribution in [2.45, 2.75) is 25.2 Å². The van der Waals surface area contributed by atoms with Gasteiger partial charge in [-0.2, -0.15) is 26.3 Å². The minimum absolute atomic E-state index is 0.0597. The zero-order valence-electron chi connectivity index (χ0n) is 10.1. The Hall–Kier alpha value is -0.920. The molecule has 1 nitrogen and oxygen atoms in total. The molecule has 0 amide bonds. The molecule has 0 atom stereocenters. The molecule has 114 valence electrons. The normalized spacial score (nSPS) is 12.6. The largest absolute Gasteiger partial charge is 0.494 e. The molecule has 1 aromatic rings. The van der Waals surface area contributed by atoms with Gasteiger partial charge in [-0.25, -0.2) is 0 Å². The van der Waals surface area contributed by atoms with Crippen molar-refractivity contribution in [1.29, 1.82) is 0 Å². The molecular weight excluding hydrogens is 354 g/mol. The van der Waals surface area contributed by atoms with Crippen LogP contribution in [0.3, 0.4) is 0 Å². The van der Waals surface area contributed by atoms with Gasteiger partial charge in [-0.05, 0) is 31.0 Å². The Balaban J connectivity index is 2.99. The van der Waals surface area contributed by atoms with Crippen LogP contribution >= 0.6 is 15.9 Å². The first-order valence-electron chi connectivity index (χ1n) is 5.63. The second-order valence-corrected chi connectivity index (χ2v) is 4.78. The summed E-state index contributed by atoms with van der Waals surface area (Å²) in [5.74, 6) is -0.429. The number of hydrogen-bond donors (Lipinski definition) is 0. The maximum absolute atomic E-state index is 12.5. The first kappa shape index (κ1) is 17.1. The summed E-state index contributed by atoms with van der Waals surface area (Å²) in [4.78, 5) is 0. The summed E-state index contributed by atoms with van der Waals surface area (Å²) in [6, 6.07) is 1.22. The minimum atomic E-state index is -4.85. The highest BCUT2D eigenvalue weighted by Gasteiger charge is 2.37. The van der Waals surface area contributed by atoms with E-state index in [9.17, 15) is 26.3 Å². The van der Waals surface area contributed by atoms with E-state index in [2.05, 4.69) is 15.9 Å². The number of benzene rings is 1. The standard InChI is InChI=1S/C12H11BrF6O/c13-3-1-2-4-20-10-6-8(11(14,15)16)5-9(7-10)12(17,18)19/h5-7H,1-4H2. The number of ether oxygens (including phenoxy) is 1. The smallest absolute Gasteiger partial charge is 0.416 e. The Morgan fingerprint density at radius 1 is 0.850 bits per heavy atom. The first-order valence-corrected chi connectivity index (χ1v) is 6.75. The van der Waals surface area contributed by atoms with Crippen LogP contribution in [0.15, 0.2) is 18.2 Å². The molecule has 0 aromatic heterocycles. The Kier molecular flexibility index (Phi) is 5.73. The van der Waals surface area contributed by atoms with Crippen LogP contribution in [0, 0.1) is 0 Å². The van der Waals surface area contributed by atoms with Gasteiger partial charge in [0, 0.05) is 5.33 Å². The molecule has 20 heavy (non-hydrogen) atoms. The molecule has 0 fully saturated rings.